The maximum absolute atomic E-state index is 14.3. The van der Waals surface area contributed by atoms with Crippen LogP contribution in [0.15, 0.2) is 6.20 Å². The van der Waals surface area contributed by atoms with Crippen molar-refractivity contribution in [3.63, 3.8) is 0 Å². The molecule has 22 heavy (non-hydrogen) atoms. The number of fused-ring (bicyclic) bond motifs is 1. The van der Waals surface area contributed by atoms with Gasteiger partial charge in [-0.3, -0.25) is 4.79 Å². The highest BCUT2D eigenvalue weighted by Gasteiger charge is 2.49. The second-order valence-electron chi connectivity index (χ2n) is 6.12. The third kappa shape index (κ3) is 2.51. The number of alkyl halides is 2. The molecule has 2 aliphatic rings. The van der Waals surface area contributed by atoms with Crippen molar-refractivity contribution in [1.29, 1.82) is 0 Å². The Bertz CT molecular complexity index is 613. The van der Waals surface area contributed by atoms with Crippen molar-refractivity contribution in [2.75, 3.05) is 23.4 Å². The molecule has 1 unspecified atom stereocenters. The fourth-order valence-corrected chi connectivity index (χ4v) is 3.40. The number of rotatable bonds is 1. The first kappa shape index (κ1) is 15.4. The number of halogens is 3. The monoisotopic (exact) mass is 330 g/mol. The molecule has 120 valence electrons. The summed E-state index contributed by atoms with van der Waals surface area (Å²) in [6.07, 6.45) is 3.91. The predicted molar refractivity (Wildman–Crippen MR) is 79.5 cm³/mol. The Hall–Kier alpha value is -1.50. The van der Waals surface area contributed by atoms with E-state index < -0.39 is 18.4 Å². The van der Waals surface area contributed by atoms with E-state index in [2.05, 4.69) is 16.9 Å². The largest absolute Gasteiger partial charge is 0.345 e. The van der Waals surface area contributed by atoms with Crippen LogP contribution in [0.25, 0.3) is 0 Å². The van der Waals surface area contributed by atoms with Crippen LogP contribution < -0.4 is 9.80 Å². The van der Waals surface area contributed by atoms with Crippen LogP contribution in [0, 0.1) is 5.92 Å². The minimum Gasteiger partial charge on any atom is -0.345 e. The topological polar surface area (TPSA) is 49.3 Å². The van der Waals surface area contributed by atoms with Crippen molar-refractivity contribution in [1.82, 2.24) is 9.97 Å². The number of aromatic nitrogens is 2. The average Bonchev–Trinajstić information content (AvgIpc) is 2.86. The van der Waals surface area contributed by atoms with Crippen LogP contribution in [0.2, 0.25) is 5.28 Å². The highest BCUT2D eigenvalue weighted by molar-refractivity contribution is 6.28. The molecule has 2 heterocycles. The molecule has 1 aliphatic heterocycles. The predicted octanol–water partition coefficient (Wildman–Crippen LogP) is 2.74. The van der Waals surface area contributed by atoms with Gasteiger partial charge >= 0.3 is 5.92 Å². The SMILES string of the molecule is C[C@@H]1CCC(N2CC(F)(F)C(=O)N(C)c3cnc(Cl)nc32)C1. The molecule has 1 saturated carbocycles. The van der Waals surface area contributed by atoms with Crippen LogP contribution >= 0.6 is 11.6 Å². The van der Waals surface area contributed by atoms with Gasteiger partial charge in [-0.2, -0.15) is 13.8 Å². The van der Waals surface area contributed by atoms with Crippen LogP contribution in [0.3, 0.4) is 0 Å². The fraction of sp³-hybridized carbons (Fsp3) is 0.643. The molecule has 0 radical (unpaired) electrons. The standard InChI is InChI=1S/C14H17ClF2N4O/c1-8-3-4-9(5-8)21-7-14(16,17)12(22)20(2)10-6-18-13(15)19-11(10)21/h6,8-9H,3-5,7H2,1-2H3/t8-,9?/m1/s1. The van der Waals surface area contributed by atoms with E-state index in [-0.39, 0.29) is 17.0 Å². The van der Waals surface area contributed by atoms with Gasteiger partial charge in [0.1, 0.15) is 5.69 Å². The molecular weight excluding hydrogens is 314 g/mol. The highest BCUT2D eigenvalue weighted by atomic mass is 35.5. The Balaban J connectivity index is 2.09. The van der Waals surface area contributed by atoms with E-state index in [4.69, 9.17) is 11.6 Å². The number of hydrogen-bond donors (Lipinski definition) is 0. The summed E-state index contributed by atoms with van der Waals surface area (Å²) in [6.45, 7) is 1.43. The van der Waals surface area contributed by atoms with Crippen LogP contribution in [0.1, 0.15) is 26.2 Å². The van der Waals surface area contributed by atoms with Crippen molar-refractivity contribution in [2.24, 2.45) is 5.92 Å². The molecule has 0 bridgehead atoms. The Morgan fingerprint density at radius 3 is 2.77 bits per heavy atom. The van der Waals surface area contributed by atoms with Gasteiger partial charge in [-0.15, -0.1) is 0 Å². The quantitative estimate of drug-likeness (QED) is 0.743. The Morgan fingerprint density at radius 2 is 2.14 bits per heavy atom. The Labute approximate surface area is 132 Å². The molecule has 1 aliphatic carbocycles. The third-order valence-corrected chi connectivity index (χ3v) is 4.63. The van der Waals surface area contributed by atoms with E-state index in [0.29, 0.717) is 11.7 Å². The lowest BCUT2D eigenvalue weighted by Gasteiger charge is -2.31. The maximum atomic E-state index is 14.3. The molecule has 0 aromatic carbocycles. The summed E-state index contributed by atoms with van der Waals surface area (Å²) in [5.41, 5.74) is 0.270. The van der Waals surface area contributed by atoms with Crippen LogP contribution in [-0.2, 0) is 4.79 Å². The van der Waals surface area contributed by atoms with Gasteiger partial charge in [-0.05, 0) is 36.8 Å². The zero-order chi connectivity index (χ0) is 16.1. The van der Waals surface area contributed by atoms with Gasteiger partial charge in [0.25, 0.3) is 5.91 Å². The van der Waals surface area contributed by atoms with E-state index in [0.717, 1.165) is 24.2 Å². The van der Waals surface area contributed by atoms with E-state index in [1.807, 2.05) is 0 Å². The van der Waals surface area contributed by atoms with Gasteiger partial charge in [0.15, 0.2) is 5.82 Å². The minimum absolute atomic E-state index is 0.0131. The van der Waals surface area contributed by atoms with Crippen LogP contribution in [-0.4, -0.2) is 41.4 Å². The van der Waals surface area contributed by atoms with E-state index >= 15 is 0 Å². The van der Waals surface area contributed by atoms with E-state index in [1.54, 1.807) is 0 Å². The smallest absolute Gasteiger partial charge is 0.342 e. The van der Waals surface area contributed by atoms with Gasteiger partial charge < -0.3 is 9.80 Å². The van der Waals surface area contributed by atoms with E-state index in [1.165, 1.54) is 18.1 Å². The maximum Gasteiger partial charge on any atom is 0.342 e. The third-order valence-electron chi connectivity index (χ3n) is 4.45. The number of carbonyl (C=O) groups is 1. The molecule has 1 fully saturated rings. The Kier molecular flexibility index (Phi) is 3.71. The molecule has 3 rings (SSSR count). The molecule has 0 N–H and O–H groups in total. The first-order valence-electron chi connectivity index (χ1n) is 7.25. The van der Waals surface area contributed by atoms with Crippen molar-refractivity contribution in [3.05, 3.63) is 11.5 Å². The van der Waals surface area contributed by atoms with Gasteiger partial charge in [-0.25, -0.2) is 4.98 Å². The lowest BCUT2D eigenvalue weighted by Crippen LogP contribution is -2.48. The number of nitrogens with zero attached hydrogens (tertiary/aromatic N) is 4. The molecule has 1 aromatic heterocycles. The zero-order valence-electron chi connectivity index (χ0n) is 12.4. The first-order chi connectivity index (χ1) is 10.3. The lowest BCUT2D eigenvalue weighted by molar-refractivity contribution is -0.140. The van der Waals surface area contributed by atoms with Gasteiger partial charge in [0, 0.05) is 13.1 Å². The number of amides is 1. The van der Waals surface area contributed by atoms with E-state index in [9.17, 15) is 13.6 Å². The lowest BCUT2D eigenvalue weighted by atomic mass is 10.1. The summed E-state index contributed by atoms with van der Waals surface area (Å²) in [5.74, 6) is -3.93. The highest BCUT2D eigenvalue weighted by Crippen LogP contribution is 2.40. The summed E-state index contributed by atoms with van der Waals surface area (Å²) in [7, 11) is 1.31. The molecule has 1 amide bonds. The second kappa shape index (κ2) is 5.30. The summed E-state index contributed by atoms with van der Waals surface area (Å²) >= 11 is 5.85. The van der Waals surface area contributed by atoms with Crippen molar-refractivity contribution >= 4 is 29.0 Å². The van der Waals surface area contributed by atoms with Crippen molar-refractivity contribution in [2.45, 2.75) is 38.2 Å². The summed E-state index contributed by atoms with van der Waals surface area (Å²) in [4.78, 5) is 22.4. The fourth-order valence-electron chi connectivity index (χ4n) is 3.27. The molecule has 5 nitrogen and oxygen atoms in total. The number of hydrogen-bond acceptors (Lipinski definition) is 4. The molecule has 2 atom stereocenters. The molecule has 0 saturated heterocycles. The molecule has 8 heteroatoms. The minimum atomic E-state index is -3.46. The molecule has 0 spiro atoms. The van der Waals surface area contributed by atoms with Crippen LogP contribution in [0.4, 0.5) is 20.3 Å². The Morgan fingerprint density at radius 1 is 1.41 bits per heavy atom. The van der Waals surface area contributed by atoms with Gasteiger partial charge in [0.05, 0.1) is 12.7 Å². The van der Waals surface area contributed by atoms with Crippen molar-refractivity contribution in [3.8, 4) is 0 Å². The number of carbonyl (C=O) groups excluding carboxylic acids is 1. The van der Waals surface area contributed by atoms with Gasteiger partial charge in [0.2, 0.25) is 5.28 Å². The molecular formula is C14H17ClF2N4O. The second-order valence-corrected chi connectivity index (χ2v) is 6.45. The van der Waals surface area contributed by atoms with Crippen LogP contribution in [0.5, 0.6) is 0 Å². The average molecular weight is 331 g/mol. The summed E-state index contributed by atoms with van der Waals surface area (Å²) in [6, 6.07) is -0.0649. The number of anilines is 2. The first-order valence-corrected chi connectivity index (χ1v) is 7.62. The molecule has 1 aromatic rings. The van der Waals surface area contributed by atoms with Gasteiger partial charge in [-0.1, -0.05) is 6.92 Å². The van der Waals surface area contributed by atoms with Crippen molar-refractivity contribution < 1.29 is 13.6 Å². The zero-order valence-corrected chi connectivity index (χ0v) is 13.1. The summed E-state index contributed by atoms with van der Waals surface area (Å²) in [5, 5.41) is -0.0131. The summed E-state index contributed by atoms with van der Waals surface area (Å²) < 4.78 is 28.5. The normalized spacial score (nSPS) is 27.8.